The molecule has 0 aliphatic rings. The average Bonchev–Trinajstić information content (AvgIpc) is 2.91. The van der Waals surface area contributed by atoms with Gasteiger partial charge in [-0.05, 0) is 25.1 Å². The Morgan fingerprint density at radius 1 is 1.20 bits per heavy atom. The summed E-state index contributed by atoms with van der Waals surface area (Å²) in [5.41, 5.74) is 7.50. The standard InChI is InChI=1S/C13H10ClN5O/c1-7-16-6-5-10(17-7)12-18-13(20-19-12)8-3-2-4-9(14)11(8)15/h2-6H,15H2,1H3. The molecule has 0 aliphatic heterocycles. The normalized spacial score (nSPS) is 10.7. The molecule has 7 heteroatoms. The molecule has 2 heterocycles. The smallest absolute Gasteiger partial charge is 0.260 e. The fourth-order valence-electron chi connectivity index (χ4n) is 1.74. The largest absolute Gasteiger partial charge is 0.397 e. The summed E-state index contributed by atoms with van der Waals surface area (Å²) in [6, 6.07) is 6.95. The molecule has 6 nitrogen and oxygen atoms in total. The van der Waals surface area contributed by atoms with Gasteiger partial charge in [0.2, 0.25) is 5.82 Å². The van der Waals surface area contributed by atoms with Crippen LogP contribution >= 0.6 is 11.6 Å². The lowest BCUT2D eigenvalue weighted by Gasteiger charge is -2.01. The van der Waals surface area contributed by atoms with Crippen LogP contribution in [0.25, 0.3) is 23.0 Å². The molecule has 2 N–H and O–H groups in total. The van der Waals surface area contributed by atoms with E-state index in [2.05, 4.69) is 20.1 Å². The minimum Gasteiger partial charge on any atom is -0.397 e. The number of benzene rings is 1. The van der Waals surface area contributed by atoms with Gasteiger partial charge >= 0.3 is 0 Å². The highest BCUT2D eigenvalue weighted by atomic mass is 35.5. The van der Waals surface area contributed by atoms with Crippen molar-refractivity contribution < 1.29 is 4.52 Å². The zero-order valence-electron chi connectivity index (χ0n) is 10.5. The van der Waals surface area contributed by atoms with E-state index in [1.54, 1.807) is 37.4 Å². The van der Waals surface area contributed by atoms with Crippen LogP contribution in [0.15, 0.2) is 35.0 Å². The first-order chi connectivity index (χ1) is 9.65. The van der Waals surface area contributed by atoms with Gasteiger partial charge in [0.15, 0.2) is 0 Å². The Hall–Kier alpha value is -2.47. The molecule has 1 aromatic carbocycles. The van der Waals surface area contributed by atoms with Crippen LogP contribution in [0.5, 0.6) is 0 Å². The van der Waals surface area contributed by atoms with Gasteiger partial charge in [-0.25, -0.2) is 9.97 Å². The van der Waals surface area contributed by atoms with E-state index in [4.69, 9.17) is 21.9 Å². The van der Waals surface area contributed by atoms with Crippen LogP contribution in [0.3, 0.4) is 0 Å². The second-order valence-electron chi connectivity index (χ2n) is 4.11. The van der Waals surface area contributed by atoms with Crippen LogP contribution in [0.2, 0.25) is 5.02 Å². The van der Waals surface area contributed by atoms with Gasteiger partial charge in [-0.3, -0.25) is 0 Å². The van der Waals surface area contributed by atoms with Crippen molar-refractivity contribution in [3.63, 3.8) is 0 Å². The highest BCUT2D eigenvalue weighted by Gasteiger charge is 2.15. The number of hydrogen-bond donors (Lipinski definition) is 1. The van der Waals surface area contributed by atoms with Crippen molar-refractivity contribution in [1.29, 1.82) is 0 Å². The molecule has 0 saturated heterocycles. The van der Waals surface area contributed by atoms with Crippen molar-refractivity contribution in [2.45, 2.75) is 6.92 Å². The van der Waals surface area contributed by atoms with Crippen molar-refractivity contribution >= 4 is 17.3 Å². The van der Waals surface area contributed by atoms with E-state index in [-0.39, 0.29) is 0 Å². The summed E-state index contributed by atoms with van der Waals surface area (Å²) in [4.78, 5) is 12.5. The number of rotatable bonds is 2. The van der Waals surface area contributed by atoms with Gasteiger partial charge in [-0.15, -0.1) is 0 Å². The first kappa shape index (κ1) is 12.6. The number of para-hydroxylation sites is 1. The minimum absolute atomic E-state index is 0.302. The van der Waals surface area contributed by atoms with Gasteiger partial charge in [0.05, 0.1) is 16.3 Å². The van der Waals surface area contributed by atoms with Gasteiger partial charge < -0.3 is 10.3 Å². The zero-order chi connectivity index (χ0) is 14.1. The fraction of sp³-hybridized carbons (Fsp3) is 0.0769. The summed E-state index contributed by atoms with van der Waals surface area (Å²) >= 11 is 5.97. The molecule has 0 radical (unpaired) electrons. The summed E-state index contributed by atoms with van der Waals surface area (Å²) in [5, 5.41) is 4.34. The molecule has 100 valence electrons. The molecule has 0 saturated carbocycles. The summed E-state index contributed by atoms with van der Waals surface area (Å²) in [6.07, 6.45) is 1.64. The van der Waals surface area contributed by atoms with Gasteiger partial charge in [0.25, 0.3) is 5.89 Å². The van der Waals surface area contributed by atoms with Crippen molar-refractivity contribution in [2.24, 2.45) is 0 Å². The summed E-state index contributed by atoms with van der Waals surface area (Å²) in [6.45, 7) is 1.79. The number of halogens is 1. The predicted molar refractivity (Wildman–Crippen MR) is 74.9 cm³/mol. The van der Waals surface area contributed by atoms with Crippen LogP contribution in [-0.4, -0.2) is 20.1 Å². The molecular weight excluding hydrogens is 278 g/mol. The Labute approximate surface area is 119 Å². The number of nitrogens with two attached hydrogens (primary N) is 1. The Kier molecular flexibility index (Phi) is 3.08. The molecule has 0 bridgehead atoms. The van der Waals surface area contributed by atoms with Crippen LogP contribution < -0.4 is 5.73 Å². The van der Waals surface area contributed by atoms with Gasteiger partial charge in [-0.2, -0.15) is 4.98 Å². The van der Waals surface area contributed by atoms with Gasteiger partial charge in [-0.1, -0.05) is 22.8 Å². The lowest BCUT2D eigenvalue weighted by Crippen LogP contribution is -1.92. The topological polar surface area (TPSA) is 90.7 Å². The van der Waals surface area contributed by atoms with Crippen LogP contribution in [0.1, 0.15) is 5.82 Å². The number of nitrogen functional groups attached to an aromatic ring is 1. The quantitative estimate of drug-likeness (QED) is 0.729. The number of aryl methyl sites for hydroxylation is 1. The van der Waals surface area contributed by atoms with E-state index in [0.29, 0.717) is 39.5 Å². The molecule has 3 rings (SSSR count). The second kappa shape index (κ2) is 4.90. The first-order valence-electron chi connectivity index (χ1n) is 5.83. The molecule has 0 fully saturated rings. The third-order valence-electron chi connectivity index (χ3n) is 2.71. The van der Waals surface area contributed by atoms with Crippen molar-refractivity contribution in [3.05, 3.63) is 41.3 Å². The third-order valence-corrected chi connectivity index (χ3v) is 3.04. The number of nitrogens with zero attached hydrogens (tertiary/aromatic N) is 4. The zero-order valence-corrected chi connectivity index (χ0v) is 11.3. The summed E-state index contributed by atoms with van der Waals surface area (Å²) in [5.74, 6) is 1.32. The van der Waals surface area contributed by atoms with E-state index < -0.39 is 0 Å². The van der Waals surface area contributed by atoms with Gasteiger partial charge in [0, 0.05) is 6.20 Å². The van der Waals surface area contributed by atoms with Crippen molar-refractivity contribution in [1.82, 2.24) is 20.1 Å². The van der Waals surface area contributed by atoms with Crippen LogP contribution in [0, 0.1) is 6.92 Å². The van der Waals surface area contributed by atoms with Crippen molar-refractivity contribution in [3.8, 4) is 23.0 Å². The van der Waals surface area contributed by atoms with Crippen molar-refractivity contribution in [2.75, 3.05) is 5.73 Å². The molecule has 0 aliphatic carbocycles. The first-order valence-corrected chi connectivity index (χ1v) is 6.21. The number of anilines is 1. The molecule has 0 atom stereocenters. The fourth-order valence-corrected chi connectivity index (χ4v) is 1.92. The van der Waals surface area contributed by atoms with E-state index in [0.717, 1.165) is 0 Å². The maximum absolute atomic E-state index is 5.97. The molecule has 0 amide bonds. The highest BCUT2D eigenvalue weighted by Crippen LogP contribution is 2.31. The number of hydrogen-bond acceptors (Lipinski definition) is 6. The average molecular weight is 288 g/mol. The van der Waals surface area contributed by atoms with E-state index in [1.165, 1.54) is 0 Å². The maximum atomic E-state index is 5.97. The van der Waals surface area contributed by atoms with Crippen LogP contribution in [-0.2, 0) is 0 Å². The molecule has 20 heavy (non-hydrogen) atoms. The Bertz CT molecular complexity index is 771. The van der Waals surface area contributed by atoms with E-state index in [1.807, 2.05) is 0 Å². The highest BCUT2D eigenvalue weighted by molar-refractivity contribution is 6.33. The molecular formula is C13H10ClN5O. The summed E-state index contributed by atoms with van der Waals surface area (Å²) in [7, 11) is 0. The van der Waals surface area contributed by atoms with E-state index >= 15 is 0 Å². The predicted octanol–water partition coefficient (Wildman–Crippen LogP) is 2.74. The molecule has 3 aromatic rings. The Balaban J connectivity index is 2.04. The number of aromatic nitrogens is 4. The summed E-state index contributed by atoms with van der Waals surface area (Å²) < 4.78 is 5.22. The Morgan fingerprint density at radius 3 is 2.85 bits per heavy atom. The lowest BCUT2D eigenvalue weighted by atomic mass is 10.2. The minimum atomic E-state index is 0.302. The van der Waals surface area contributed by atoms with E-state index in [9.17, 15) is 0 Å². The maximum Gasteiger partial charge on any atom is 0.260 e. The molecule has 0 spiro atoms. The van der Waals surface area contributed by atoms with Crippen LogP contribution in [0.4, 0.5) is 5.69 Å². The SMILES string of the molecule is Cc1nccc(-c2noc(-c3cccc(Cl)c3N)n2)n1. The Morgan fingerprint density at radius 2 is 2.05 bits per heavy atom. The lowest BCUT2D eigenvalue weighted by molar-refractivity contribution is 0.432. The monoisotopic (exact) mass is 287 g/mol. The third kappa shape index (κ3) is 2.21. The second-order valence-corrected chi connectivity index (χ2v) is 4.52. The molecule has 2 aromatic heterocycles. The molecule has 0 unspecified atom stereocenters. The van der Waals surface area contributed by atoms with Gasteiger partial charge in [0.1, 0.15) is 11.5 Å².